The highest BCUT2D eigenvalue weighted by Gasteiger charge is 2.37. The third-order valence-corrected chi connectivity index (χ3v) is 8.65. The van der Waals surface area contributed by atoms with Crippen LogP contribution in [0.4, 0.5) is 0 Å². The summed E-state index contributed by atoms with van der Waals surface area (Å²) >= 11 is 0. The molecule has 3 nitrogen and oxygen atoms in total. The second kappa shape index (κ2) is 17.2. The molecule has 0 saturated carbocycles. The van der Waals surface area contributed by atoms with Gasteiger partial charge < -0.3 is 13.3 Å². The van der Waals surface area contributed by atoms with E-state index in [9.17, 15) is 0 Å². The molecule has 0 saturated heterocycles. The molecular formula is C22H47O3Si. The Hall–Kier alpha value is 0.0969. The van der Waals surface area contributed by atoms with Gasteiger partial charge in [0.05, 0.1) is 0 Å². The summed E-state index contributed by atoms with van der Waals surface area (Å²) in [6.45, 7) is 6.99. The molecule has 0 heterocycles. The van der Waals surface area contributed by atoms with Gasteiger partial charge in [-0.15, -0.1) is 0 Å². The summed E-state index contributed by atoms with van der Waals surface area (Å²) in [7, 11) is 2.71. The minimum atomic E-state index is -2.39. The molecule has 1 atom stereocenters. The average Bonchev–Trinajstić information content (AvgIpc) is 2.66. The molecular weight excluding hydrogens is 340 g/mol. The Labute approximate surface area is 165 Å². The van der Waals surface area contributed by atoms with Crippen molar-refractivity contribution < 1.29 is 13.3 Å². The van der Waals surface area contributed by atoms with Crippen LogP contribution in [0, 0.1) is 11.8 Å². The molecule has 0 aromatic heterocycles. The summed E-state index contributed by atoms with van der Waals surface area (Å²) in [4.78, 5) is 0. The molecule has 0 amide bonds. The fourth-order valence-corrected chi connectivity index (χ4v) is 5.29. The van der Waals surface area contributed by atoms with Gasteiger partial charge >= 0.3 is 8.80 Å². The molecule has 0 spiro atoms. The monoisotopic (exact) mass is 387 g/mol. The lowest BCUT2D eigenvalue weighted by Gasteiger charge is -2.25. The zero-order valence-corrected chi connectivity index (χ0v) is 19.7. The Morgan fingerprint density at radius 3 is 1.65 bits per heavy atom. The van der Waals surface area contributed by atoms with Crippen molar-refractivity contribution in [2.75, 3.05) is 21.3 Å². The van der Waals surface area contributed by atoms with E-state index in [-0.39, 0.29) is 0 Å². The molecule has 0 aliphatic heterocycles. The van der Waals surface area contributed by atoms with Crippen LogP contribution in [0.5, 0.6) is 0 Å². The first kappa shape index (κ1) is 26.1. The van der Waals surface area contributed by atoms with E-state index in [1.807, 2.05) is 0 Å². The highest BCUT2D eigenvalue weighted by Crippen LogP contribution is 2.27. The Bertz CT molecular complexity index is 287. The van der Waals surface area contributed by atoms with Crippen molar-refractivity contribution in [3.05, 3.63) is 5.92 Å². The molecule has 0 aliphatic rings. The SMILES string of the molecule is CCCCCCCCCCCCC(C)[C](C)CCC[Si](OC)(OC)OC. The molecule has 157 valence electrons. The van der Waals surface area contributed by atoms with Crippen molar-refractivity contribution in [2.45, 2.75) is 110 Å². The summed E-state index contributed by atoms with van der Waals surface area (Å²) in [5.41, 5.74) is 0. The molecule has 0 bridgehead atoms. The van der Waals surface area contributed by atoms with Crippen LogP contribution in [0.2, 0.25) is 6.04 Å². The fourth-order valence-electron chi connectivity index (χ4n) is 3.57. The van der Waals surface area contributed by atoms with E-state index in [0.717, 1.165) is 24.8 Å². The largest absolute Gasteiger partial charge is 0.500 e. The van der Waals surface area contributed by atoms with Crippen molar-refractivity contribution in [1.82, 2.24) is 0 Å². The zero-order valence-electron chi connectivity index (χ0n) is 18.7. The zero-order chi connectivity index (χ0) is 19.7. The highest BCUT2D eigenvalue weighted by molar-refractivity contribution is 6.60. The average molecular weight is 388 g/mol. The lowest BCUT2D eigenvalue weighted by molar-refractivity contribution is 0.123. The molecule has 0 aliphatic carbocycles. The second-order valence-corrected chi connectivity index (χ2v) is 11.0. The Balaban J connectivity index is 3.63. The van der Waals surface area contributed by atoms with Gasteiger partial charge in [0.25, 0.3) is 0 Å². The third-order valence-electron chi connectivity index (χ3n) is 5.82. The van der Waals surface area contributed by atoms with Gasteiger partial charge in [-0.05, 0) is 24.7 Å². The van der Waals surface area contributed by atoms with E-state index < -0.39 is 8.80 Å². The van der Waals surface area contributed by atoms with Crippen molar-refractivity contribution in [1.29, 1.82) is 0 Å². The van der Waals surface area contributed by atoms with Crippen molar-refractivity contribution >= 4 is 8.80 Å². The van der Waals surface area contributed by atoms with Crippen LogP contribution in [0.25, 0.3) is 0 Å². The summed E-state index contributed by atoms with van der Waals surface area (Å²) in [6, 6.07) is 0.902. The molecule has 1 radical (unpaired) electrons. The van der Waals surface area contributed by atoms with Crippen LogP contribution in [0.3, 0.4) is 0 Å². The quantitative estimate of drug-likeness (QED) is 0.173. The van der Waals surface area contributed by atoms with Crippen LogP contribution >= 0.6 is 0 Å². The van der Waals surface area contributed by atoms with Crippen molar-refractivity contribution in [2.24, 2.45) is 5.92 Å². The first-order valence-corrected chi connectivity index (χ1v) is 13.0. The van der Waals surface area contributed by atoms with E-state index >= 15 is 0 Å². The Morgan fingerprint density at radius 2 is 1.19 bits per heavy atom. The molecule has 0 rings (SSSR count). The fraction of sp³-hybridized carbons (Fsp3) is 0.955. The molecule has 0 fully saturated rings. The number of hydrogen-bond acceptors (Lipinski definition) is 3. The molecule has 0 N–H and O–H groups in total. The van der Waals surface area contributed by atoms with E-state index in [2.05, 4.69) is 20.8 Å². The van der Waals surface area contributed by atoms with Gasteiger partial charge in [0.1, 0.15) is 0 Å². The molecule has 0 aromatic rings. The lowest BCUT2D eigenvalue weighted by atomic mass is 9.87. The maximum atomic E-state index is 5.50. The topological polar surface area (TPSA) is 27.7 Å². The van der Waals surface area contributed by atoms with E-state index in [1.54, 1.807) is 27.2 Å². The predicted octanol–water partition coefficient (Wildman–Crippen LogP) is 7.19. The van der Waals surface area contributed by atoms with Gasteiger partial charge in [0, 0.05) is 27.4 Å². The maximum Gasteiger partial charge on any atom is 0.500 e. The normalized spacial score (nSPS) is 13.5. The summed E-state index contributed by atoms with van der Waals surface area (Å²) in [5, 5.41) is 0. The minimum Gasteiger partial charge on any atom is -0.377 e. The van der Waals surface area contributed by atoms with E-state index in [0.29, 0.717) is 0 Å². The Kier molecular flexibility index (Phi) is 17.3. The molecule has 0 aromatic carbocycles. The van der Waals surface area contributed by atoms with Crippen LogP contribution in [0.1, 0.15) is 104 Å². The second-order valence-electron chi connectivity index (χ2n) is 7.87. The van der Waals surface area contributed by atoms with Gasteiger partial charge in [-0.1, -0.05) is 91.4 Å². The highest BCUT2D eigenvalue weighted by atomic mass is 28.4. The standard InChI is InChI=1S/C22H47O3Si/c1-7-8-9-10-11-12-13-14-15-16-18-21(2)22(3)19-17-20-26(23-4,24-5)25-6/h21H,7-20H2,1-6H3. The number of unbranched alkanes of at least 4 members (excludes halogenated alkanes) is 9. The maximum absolute atomic E-state index is 5.50. The summed E-state index contributed by atoms with van der Waals surface area (Å²) in [5.74, 6) is 2.35. The van der Waals surface area contributed by atoms with Crippen LogP contribution < -0.4 is 0 Å². The summed E-state index contributed by atoms with van der Waals surface area (Å²) in [6.07, 6.45) is 17.7. The van der Waals surface area contributed by atoms with Gasteiger partial charge in [-0.25, -0.2) is 0 Å². The molecule has 4 heteroatoms. The lowest BCUT2D eigenvalue weighted by Crippen LogP contribution is -2.42. The van der Waals surface area contributed by atoms with Crippen LogP contribution in [0.15, 0.2) is 0 Å². The number of rotatable bonds is 19. The smallest absolute Gasteiger partial charge is 0.377 e. The number of hydrogen-bond donors (Lipinski definition) is 0. The van der Waals surface area contributed by atoms with Gasteiger partial charge in [-0.3, -0.25) is 0 Å². The first-order valence-electron chi connectivity index (χ1n) is 11.0. The van der Waals surface area contributed by atoms with Gasteiger partial charge in [0.15, 0.2) is 0 Å². The summed E-state index contributed by atoms with van der Waals surface area (Å²) < 4.78 is 16.5. The van der Waals surface area contributed by atoms with Crippen LogP contribution in [-0.4, -0.2) is 30.1 Å². The molecule has 1 unspecified atom stereocenters. The first-order chi connectivity index (χ1) is 12.5. The van der Waals surface area contributed by atoms with Gasteiger partial charge in [0.2, 0.25) is 0 Å². The van der Waals surface area contributed by atoms with Crippen molar-refractivity contribution in [3.63, 3.8) is 0 Å². The Morgan fingerprint density at radius 1 is 0.731 bits per heavy atom. The predicted molar refractivity (Wildman–Crippen MR) is 115 cm³/mol. The third kappa shape index (κ3) is 12.5. The molecule has 26 heavy (non-hydrogen) atoms. The van der Waals surface area contributed by atoms with E-state index in [1.165, 1.54) is 70.6 Å². The minimum absolute atomic E-state index is 0.729. The van der Waals surface area contributed by atoms with Crippen molar-refractivity contribution in [3.8, 4) is 0 Å². The van der Waals surface area contributed by atoms with E-state index in [4.69, 9.17) is 13.3 Å². The van der Waals surface area contributed by atoms with Crippen LogP contribution in [-0.2, 0) is 13.3 Å². The van der Waals surface area contributed by atoms with Gasteiger partial charge in [-0.2, -0.15) is 0 Å².